The van der Waals surface area contributed by atoms with Gasteiger partial charge in [-0.2, -0.15) is 0 Å². The number of dihydropyridines is 1. The van der Waals surface area contributed by atoms with Crippen molar-refractivity contribution in [1.82, 2.24) is 5.32 Å². The van der Waals surface area contributed by atoms with E-state index in [1.807, 2.05) is 50.2 Å². The van der Waals surface area contributed by atoms with Crippen LogP contribution in [0.2, 0.25) is 0 Å². The monoisotopic (exact) mass is 396 g/mol. The molecular formula is C24H32N2O3. The zero-order valence-electron chi connectivity index (χ0n) is 18.4. The number of esters is 1. The molecule has 29 heavy (non-hydrogen) atoms. The first-order valence-electron chi connectivity index (χ1n) is 10.4. The van der Waals surface area contributed by atoms with Gasteiger partial charge < -0.3 is 15.0 Å². The molecule has 0 spiro atoms. The third-order valence-electron chi connectivity index (χ3n) is 5.72. The number of ketones is 1. The zero-order chi connectivity index (χ0) is 21.3. The molecule has 1 heterocycles. The minimum atomic E-state index is -0.389. The van der Waals surface area contributed by atoms with Crippen LogP contribution < -0.4 is 10.2 Å². The highest BCUT2D eigenvalue weighted by Gasteiger charge is 2.43. The third kappa shape index (κ3) is 4.09. The van der Waals surface area contributed by atoms with Crippen molar-refractivity contribution in [1.29, 1.82) is 0 Å². The summed E-state index contributed by atoms with van der Waals surface area (Å²) >= 11 is 0. The second-order valence-electron chi connectivity index (χ2n) is 8.84. The van der Waals surface area contributed by atoms with Crippen LogP contribution >= 0.6 is 0 Å². The van der Waals surface area contributed by atoms with Gasteiger partial charge in [0, 0.05) is 49.1 Å². The van der Waals surface area contributed by atoms with Gasteiger partial charge in [0.25, 0.3) is 0 Å². The van der Waals surface area contributed by atoms with Crippen LogP contribution in [-0.2, 0) is 14.3 Å². The lowest BCUT2D eigenvalue weighted by Gasteiger charge is -2.40. The van der Waals surface area contributed by atoms with Crippen LogP contribution in [0.5, 0.6) is 0 Å². The fourth-order valence-electron chi connectivity index (χ4n) is 4.38. The molecule has 5 nitrogen and oxygen atoms in total. The van der Waals surface area contributed by atoms with Crippen molar-refractivity contribution in [3.8, 4) is 0 Å². The molecule has 0 saturated carbocycles. The smallest absolute Gasteiger partial charge is 0.336 e. The normalized spacial score (nSPS) is 20.9. The number of benzene rings is 1. The highest BCUT2D eigenvalue weighted by Crippen LogP contribution is 2.47. The topological polar surface area (TPSA) is 58.6 Å². The third-order valence-corrected chi connectivity index (χ3v) is 5.72. The Morgan fingerprint density at radius 2 is 1.83 bits per heavy atom. The van der Waals surface area contributed by atoms with Gasteiger partial charge in [-0.05, 0) is 42.9 Å². The number of hydrogen-bond donors (Lipinski definition) is 1. The number of allylic oxidation sites excluding steroid dienone is 3. The fourth-order valence-corrected chi connectivity index (χ4v) is 4.38. The molecule has 0 saturated heterocycles. The molecule has 1 aromatic carbocycles. The number of carbonyl (C=O) groups is 2. The van der Waals surface area contributed by atoms with Crippen LogP contribution in [0, 0.1) is 5.41 Å². The van der Waals surface area contributed by atoms with Crippen molar-refractivity contribution in [2.24, 2.45) is 5.41 Å². The molecule has 0 bridgehead atoms. The number of nitrogens with zero attached hydrogens (tertiary/aromatic N) is 1. The SMILES string of the molecule is CCOC(=O)C1=C(CC)NC2=C(C(=O)CC(C)(C)C2)C1c1ccc(N(C)C)cc1. The highest BCUT2D eigenvalue weighted by molar-refractivity contribution is 6.04. The first-order valence-corrected chi connectivity index (χ1v) is 10.4. The van der Waals surface area contributed by atoms with E-state index in [1.165, 1.54) is 0 Å². The molecule has 5 heteroatoms. The minimum Gasteiger partial charge on any atom is -0.463 e. The lowest BCUT2D eigenvalue weighted by atomic mass is 9.68. The summed E-state index contributed by atoms with van der Waals surface area (Å²) in [7, 11) is 3.98. The summed E-state index contributed by atoms with van der Waals surface area (Å²) in [5, 5.41) is 3.44. The van der Waals surface area contributed by atoms with Crippen molar-refractivity contribution in [3.63, 3.8) is 0 Å². The Kier molecular flexibility index (Phi) is 5.87. The molecule has 2 aliphatic rings. The first kappa shape index (κ1) is 21.2. The van der Waals surface area contributed by atoms with Crippen LogP contribution in [-0.4, -0.2) is 32.5 Å². The van der Waals surface area contributed by atoms with E-state index < -0.39 is 0 Å². The van der Waals surface area contributed by atoms with Crippen molar-refractivity contribution in [3.05, 3.63) is 52.4 Å². The van der Waals surface area contributed by atoms with E-state index >= 15 is 0 Å². The van der Waals surface area contributed by atoms with E-state index in [2.05, 4.69) is 19.2 Å². The van der Waals surface area contributed by atoms with Crippen molar-refractivity contribution in [2.45, 2.75) is 52.9 Å². The van der Waals surface area contributed by atoms with Crippen LogP contribution in [0.25, 0.3) is 0 Å². The standard InChI is InChI=1S/C24H32N2O3/c1-7-17-22(23(28)29-8-2)20(15-9-11-16(12-10-15)26(5)6)21-18(25-17)13-24(3,4)14-19(21)27/h9-12,20,25H,7-8,13-14H2,1-6H3. The average Bonchev–Trinajstić information content (AvgIpc) is 2.65. The van der Waals surface area contributed by atoms with E-state index in [-0.39, 0.29) is 23.1 Å². The Morgan fingerprint density at radius 1 is 1.17 bits per heavy atom. The number of hydrogen-bond acceptors (Lipinski definition) is 5. The van der Waals surface area contributed by atoms with E-state index in [0.29, 0.717) is 25.0 Å². The van der Waals surface area contributed by atoms with Gasteiger partial charge in [0.2, 0.25) is 0 Å². The fraction of sp³-hybridized carbons (Fsp3) is 0.500. The van der Waals surface area contributed by atoms with Crippen LogP contribution in [0.3, 0.4) is 0 Å². The molecule has 1 aliphatic heterocycles. The van der Waals surface area contributed by atoms with Gasteiger partial charge in [-0.1, -0.05) is 32.9 Å². The summed E-state index contributed by atoms with van der Waals surface area (Å²) in [6, 6.07) is 8.11. The zero-order valence-corrected chi connectivity index (χ0v) is 18.4. The molecule has 1 aliphatic carbocycles. The summed E-state index contributed by atoms with van der Waals surface area (Å²) in [4.78, 5) is 28.2. The Balaban J connectivity index is 2.18. The molecule has 0 aromatic heterocycles. The molecule has 0 fully saturated rings. The summed E-state index contributed by atoms with van der Waals surface area (Å²) in [6.45, 7) is 8.37. The summed E-state index contributed by atoms with van der Waals surface area (Å²) < 4.78 is 5.40. The van der Waals surface area contributed by atoms with Gasteiger partial charge in [0.05, 0.1) is 12.2 Å². The highest BCUT2D eigenvalue weighted by atomic mass is 16.5. The van der Waals surface area contributed by atoms with Gasteiger partial charge in [-0.15, -0.1) is 0 Å². The van der Waals surface area contributed by atoms with E-state index in [1.54, 1.807) is 6.92 Å². The maximum absolute atomic E-state index is 13.2. The molecule has 156 valence electrons. The largest absolute Gasteiger partial charge is 0.463 e. The molecule has 3 rings (SSSR count). The number of rotatable bonds is 5. The molecule has 1 N–H and O–H groups in total. The molecule has 1 unspecified atom stereocenters. The van der Waals surface area contributed by atoms with Gasteiger partial charge in [-0.3, -0.25) is 4.79 Å². The summed E-state index contributed by atoms with van der Waals surface area (Å²) in [5.74, 6) is -0.620. The summed E-state index contributed by atoms with van der Waals surface area (Å²) in [5.41, 5.74) is 5.04. The van der Waals surface area contributed by atoms with Gasteiger partial charge >= 0.3 is 5.97 Å². The lowest BCUT2D eigenvalue weighted by Crippen LogP contribution is -2.39. The molecular weight excluding hydrogens is 364 g/mol. The van der Waals surface area contributed by atoms with E-state index in [4.69, 9.17) is 4.74 Å². The number of anilines is 1. The van der Waals surface area contributed by atoms with E-state index in [9.17, 15) is 9.59 Å². The number of Topliss-reactive ketones (excluding diaryl/α,β-unsaturated/α-hetero) is 1. The average molecular weight is 397 g/mol. The predicted molar refractivity (Wildman–Crippen MR) is 116 cm³/mol. The van der Waals surface area contributed by atoms with Crippen molar-refractivity contribution < 1.29 is 14.3 Å². The van der Waals surface area contributed by atoms with Crippen LogP contribution in [0.1, 0.15) is 58.4 Å². The van der Waals surface area contributed by atoms with Gasteiger partial charge in [0.1, 0.15) is 0 Å². The number of nitrogens with one attached hydrogen (secondary N) is 1. The molecule has 0 amide bonds. The van der Waals surface area contributed by atoms with Crippen LogP contribution in [0.15, 0.2) is 46.8 Å². The Bertz CT molecular complexity index is 876. The molecule has 1 atom stereocenters. The molecule has 1 aromatic rings. The summed E-state index contributed by atoms with van der Waals surface area (Å²) in [6.07, 6.45) is 1.95. The number of carbonyl (C=O) groups excluding carboxylic acids is 2. The Morgan fingerprint density at radius 3 is 2.38 bits per heavy atom. The number of ether oxygens (including phenoxy) is 1. The first-order chi connectivity index (χ1) is 13.7. The van der Waals surface area contributed by atoms with Crippen molar-refractivity contribution in [2.75, 3.05) is 25.6 Å². The van der Waals surface area contributed by atoms with Crippen LogP contribution in [0.4, 0.5) is 5.69 Å². The maximum atomic E-state index is 13.2. The second-order valence-corrected chi connectivity index (χ2v) is 8.84. The van der Waals surface area contributed by atoms with E-state index in [0.717, 1.165) is 34.6 Å². The second kappa shape index (κ2) is 8.05. The lowest BCUT2D eigenvalue weighted by molar-refractivity contribution is -0.138. The minimum absolute atomic E-state index is 0.0947. The Hall–Kier alpha value is -2.56. The van der Waals surface area contributed by atoms with Gasteiger partial charge in [-0.25, -0.2) is 4.79 Å². The predicted octanol–water partition coefficient (Wildman–Crippen LogP) is 4.31. The maximum Gasteiger partial charge on any atom is 0.336 e. The Labute approximate surface area is 173 Å². The van der Waals surface area contributed by atoms with Gasteiger partial charge in [0.15, 0.2) is 5.78 Å². The quantitative estimate of drug-likeness (QED) is 0.752. The molecule has 0 radical (unpaired) electrons. The van der Waals surface area contributed by atoms with Crippen molar-refractivity contribution >= 4 is 17.4 Å².